The molecule has 5 heteroatoms. The molecule has 1 unspecified atom stereocenters. The van der Waals surface area contributed by atoms with Crippen LogP contribution in [0.4, 0.5) is 5.82 Å². The van der Waals surface area contributed by atoms with E-state index in [4.69, 9.17) is 11.0 Å². The van der Waals surface area contributed by atoms with Gasteiger partial charge in [-0.05, 0) is 6.92 Å². The molecule has 0 aromatic carbocycles. The summed E-state index contributed by atoms with van der Waals surface area (Å²) in [6, 6.07) is 2.14. The first-order valence-corrected chi connectivity index (χ1v) is 4.34. The lowest BCUT2D eigenvalue weighted by Gasteiger charge is -2.24. The third-order valence-electron chi connectivity index (χ3n) is 2.12. The van der Waals surface area contributed by atoms with Gasteiger partial charge in [0.15, 0.2) is 11.5 Å². The fraction of sp³-hybridized carbons (Fsp3) is 0.444. The molecule has 0 aliphatic rings. The third kappa shape index (κ3) is 1.98. The van der Waals surface area contributed by atoms with Gasteiger partial charge in [-0.1, -0.05) is 0 Å². The van der Waals surface area contributed by atoms with Crippen molar-refractivity contribution in [2.45, 2.75) is 13.0 Å². The molecule has 0 saturated heterocycles. The summed E-state index contributed by atoms with van der Waals surface area (Å²) in [5.74, 6) is 0.577. The van der Waals surface area contributed by atoms with Crippen LogP contribution >= 0.6 is 0 Å². The zero-order valence-electron chi connectivity index (χ0n) is 8.31. The third-order valence-corrected chi connectivity index (χ3v) is 2.12. The van der Waals surface area contributed by atoms with E-state index < -0.39 is 0 Å². The maximum atomic E-state index is 8.81. The van der Waals surface area contributed by atoms with Crippen LogP contribution in [-0.2, 0) is 0 Å². The van der Waals surface area contributed by atoms with Crippen molar-refractivity contribution in [3.05, 3.63) is 18.1 Å². The van der Waals surface area contributed by atoms with Crippen LogP contribution in [0.1, 0.15) is 12.6 Å². The molecule has 5 nitrogen and oxygen atoms in total. The smallest absolute Gasteiger partial charge is 0.183 e. The molecule has 1 atom stereocenters. The zero-order chi connectivity index (χ0) is 10.6. The van der Waals surface area contributed by atoms with Gasteiger partial charge in [-0.3, -0.25) is 0 Å². The number of nitriles is 1. The molecule has 0 fully saturated rings. The van der Waals surface area contributed by atoms with E-state index in [-0.39, 0.29) is 6.04 Å². The van der Waals surface area contributed by atoms with Gasteiger partial charge in [-0.25, -0.2) is 9.97 Å². The van der Waals surface area contributed by atoms with Gasteiger partial charge in [-0.15, -0.1) is 0 Å². The first-order chi connectivity index (χ1) is 6.70. The minimum atomic E-state index is 0.138. The highest BCUT2D eigenvalue weighted by atomic mass is 15.2. The van der Waals surface area contributed by atoms with Crippen LogP contribution in [0.15, 0.2) is 12.4 Å². The van der Waals surface area contributed by atoms with Crippen molar-refractivity contribution in [2.24, 2.45) is 5.73 Å². The first kappa shape index (κ1) is 10.4. The van der Waals surface area contributed by atoms with Crippen molar-refractivity contribution in [2.75, 3.05) is 18.5 Å². The molecule has 0 spiro atoms. The van der Waals surface area contributed by atoms with E-state index >= 15 is 0 Å². The maximum Gasteiger partial charge on any atom is 0.183 e. The standard InChI is InChI=1S/C9H13N5/c1-7(5-10)14(2)9-8(6-11)12-3-4-13-9/h3-4,7H,5,10H2,1-2H3. The Balaban J connectivity index is 3.01. The van der Waals surface area contributed by atoms with Gasteiger partial charge in [-0.2, -0.15) is 5.26 Å². The van der Waals surface area contributed by atoms with Gasteiger partial charge in [0.25, 0.3) is 0 Å². The van der Waals surface area contributed by atoms with Crippen molar-refractivity contribution in [1.82, 2.24) is 9.97 Å². The van der Waals surface area contributed by atoms with Gasteiger partial charge in [0.2, 0.25) is 0 Å². The first-order valence-electron chi connectivity index (χ1n) is 4.34. The molecule has 0 aliphatic heterocycles. The summed E-state index contributed by atoms with van der Waals surface area (Å²) in [7, 11) is 1.85. The summed E-state index contributed by atoms with van der Waals surface area (Å²) in [6.07, 6.45) is 3.07. The number of anilines is 1. The minimum Gasteiger partial charge on any atom is -0.353 e. The lowest BCUT2D eigenvalue weighted by molar-refractivity contribution is 0.685. The van der Waals surface area contributed by atoms with Crippen molar-refractivity contribution < 1.29 is 0 Å². The molecule has 1 heterocycles. The number of aromatic nitrogens is 2. The topological polar surface area (TPSA) is 78.8 Å². The number of nitrogens with zero attached hydrogens (tertiary/aromatic N) is 4. The average Bonchev–Trinajstić information content (AvgIpc) is 2.26. The zero-order valence-corrected chi connectivity index (χ0v) is 8.31. The average molecular weight is 191 g/mol. The van der Waals surface area contributed by atoms with Gasteiger partial charge in [0.05, 0.1) is 0 Å². The summed E-state index contributed by atoms with van der Waals surface area (Å²) in [4.78, 5) is 9.89. The van der Waals surface area contributed by atoms with Crippen LogP contribution < -0.4 is 10.6 Å². The van der Waals surface area contributed by atoms with Crippen LogP contribution in [0.3, 0.4) is 0 Å². The predicted molar refractivity (Wildman–Crippen MR) is 53.7 cm³/mol. The molecule has 0 saturated carbocycles. The highest BCUT2D eigenvalue weighted by molar-refractivity contribution is 5.49. The number of rotatable bonds is 3. The van der Waals surface area contributed by atoms with Gasteiger partial charge < -0.3 is 10.6 Å². The second-order valence-electron chi connectivity index (χ2n) is 3.04. The van der Waals surface area contributed by atoms with Crippen LogP contribution in [-0.4, -0.2) is 29.6 Å². The SMILES string of the molecule is CC(CN)N(C)c1nccnc1C#N. The fourth-order valence-electron chi connectivity index (χ4n) is 1.03. The lowest BCUT2D eigenvalue weighted by atomic mass is 10.3. The molecule has 0 amide bonds. The highest BCUT2D eigenvalue weighted by Gasteiger charge is 2.13. The Morgan fingerprint density at radius 3 is 2.79 bits per heavy atom. The van der Waals surface area contributed by atoms with Crippen molar-refractivity contribution in [3.8, 4) is 6.07 Å². The van der Waals surface area contributed by atoms with Crippen LogP contribution in [0.2, 0.25) is 0 Å². The summed E-state index contributed by atoms with van der Waals surface area (Å²) in [5, 5.41) is 8.81. The van der Waals surface area contributed by atoms with Crippen LogP contribution in [0.25, 0.3) is 0 Å². The molecule has 0 bridgehead atoms. The minimum absolute atomic E-state index is 0.138. The summed E-state index contributed by atoms with van der Waals surface area (Å²) >= 11 is 0. The Labute approximate surface area is 83.2 Å². The Bertz CT molecular complexity index is 343. The Hall–Kier alpha value is -1.67. The van der Waals surface area contributed by atoms with Crippen LogP contribution in [0.5, 0.6) is 0 Å². The number of hydrogen-bond acceptors (Lipinski definition) is 5. The van der Waals surface area contributed by atoms with Gasteiger partial charge in [0.1, 0.15) is 6.07 Å². The van der Waals surface area contributed by atoms with E-state index in [1.807, 2.05) is 24.9 Å². The number of likely N-dealkylation sites (N-methyl/N-ethyl adjacent to an activating group) is 1. The molecule has 0 aliphatic carbocycles. The second-order valence-corrected chi connectivity index (χ2v) is 3.04. The van der Waals surface area contributed by atoms with E-state index in [1.54, 1.807) is 6.20 Å². The van der Waals surface area contributed by atoms with Gasteiger partial charge in [0, 0.05) is 32.0 Å². The van der Waals surface area contributed by atoms with E-state index in [9.17, 15) is 0 Å². The van der Waals surface area contributed by atoms with Gasteiger partial charge >= 0.3 is 0 Å². The van der Waals surface area contributed by atoms with E-state index in [2.05, 4.69) is 9.97 Å². The van der Waals surface area contributed by atoms with E-state index in [0.29, 0.717) is 18.1 Å². The van der Waals surface area contributed by atoms with Crippen molar-refractivity contribution in [1.29, 1.82) is 5.26 Å². The Kier molecular flexibility index (Phi) is 3.37. The van der Waals surface area contributed by atoms with Crippen LogP contribution in [0, 0.1) is 11.3 Å². The monoisotopic (exact) mass is 191 g/mol. The van der Waals surface area contributed by atoms with E-state index in [0.717, 1.165) is 0 Å². The Morgan fingerprint density at radius 2 is 2.21 bits per heavy atom. The van der Waals surface area contributed by atoms with Crippen molar-refractivity contribution >= 4 is 5.82 Å². The quantitative estimate of drug-likeness (QED) is 0.734. The molecule has 14 heavy (non-hydrogen) atoms. The summed E-state index contributed by atoms with van der Waals surface area (Å²) in [5.41, 5.74) is 5.86. The summed E-state index contributed by atoms with van der Waals surface area (Å²) in [6.45, 7) is 2.48. The molecule has 1 rings (SSSR count). The molecule has 74 valence electrons. The molecule has 1 aromatic heterocycles. The normalized spacial score (nSPS) is 11.9. The largest absolute Gasteiger partial charge is 0.353 e. The maximum absolute atomic E-state index is 8.81. The second kappa shape index (κ2) is 4.53. The number of nitrogens with two attached hydrogens (primary N) is 1. The fourth-order valence-corrected chi connectivity index (χ4v) is 1.03. The van der Waals surface area contributed by atoms with E-state index in [1.165, 1.54) is 6.20 Å². The predicted octanol–water partition coefficient (Wildman–Crippen LogP) is 0.132. The molecule has 1 aromatic rings. The molecular weight excluding hydrogens is 178 g/mol. The molecule has 2 N–H and O–H groups in total. The van der Waals surface area contributed by atoms with Crippen molar-refractivity contribution in [3.63, 3.8) is 0 Å². The lowest BCUT2D eigenvalue weighted by Crippen LogP contribution is -2.36. The summed E-state index contributed by atoms with van der Waals surface area (Å²) < 4.78 is 0. The Morgan fingerprint density at radius 1 is 1.57 bits per heavy atom. The number of hydrogen-bond donors (Lipinski definition) is 1. The molecule has 0 radical (unpaired) electrons. The highest BCUT2D eigenvalue weighted by Crippen LogP contribution is 2.13. The molecular formula is C9H13N5.